The van der Waals surface area contributed by atoms with Gasteiger partial charge < -0.3 is 18.8 Å². The molecule has 0 unspecified atom stereocenters. The maximum Gasteiger partial charge on any atom is 0.279 e. The van der Waals surface area contributed by atoms with Crippen LogP contribution in [0.5, 0.6) is 17.2 Å². The topological polar surface area (TPSA) is 62.0 Å². The van der Waals surface area contributed by atoms with Gasteiger partial charge in [0.15, 0.2) is 16.3 Å². The molecule has 1 aromatic heterocycles. The summed E-state index contributed by atoms with van der Waals surface area (Å²) in [4.78, 5) is 17.0. The van der Waals surface area contributed by atoms with Crippen molar-refractivity contribution in [2.24, 2.45) is 12.0 Å². The third kappa shape index (κ3) is 3.08. The number of methoxy groups -OCH3 is 3. The summed E-state index contributed by atoms with van der Waals surface area (Å²) in [7, 11) is 6.35. The van der Waals surface area contributed by atoms with Crippen LogP contribution in [0.4, 0.5) is 0 Å². The Labute approximate surface area is 126 Å². The highest BCUT2D eigenvalue weighted by atomic mass is 32.1. The lowest BCUT2D eigenvalue weighted by molar-refractivity contribution is 0.0997. The summed E-state index contributed by atoms with van der Waals surface area (Å²) in [5, 5.41) is 1.86. The predicted molar refractivity (Wildman–Crippen MR) is 79.3 cm³/mol. The van der Waals surface area contributed by atoms with Gasteiger partial charge >= 0.3 is 0 Å². The van der Waals surface area contributed by atoms with Gasteiger partial charge in [-0.3, -0.25) is 4.79 Å². The van der Waals surface area contributed by atoms with E-state index in [9.17, 15) is 4.79 Å². The number of aryl methyl sites for hydroxylation is 1. The number of rotatable bonds is 4. The molecule has 1 amide bonds. The van der Waals surface area contributed by atoms with Gasteiger partial charge in [-0.05, 0) is 12.1 Å². The fourth-order valence-corrected chi connectivity index (χ4v) is 2.52. The maximum absolute atomic E-state index is 12.3. The van der Waals surface area contributed by atoms with Gasteiger partial charge in [-0.25, -0.2) is 0 Å². The van der Waals surface area contributed by atoms with Crippen LogP contribution in [-0.4, -0.2) is 31.8 Å². The molecule has 0 atom stereocenters. The third-order valence-corrected chi connectivity index (χ3v) is 3.72. The standard InChI is InChI=1S/C14H16N2O4S/c1-16-5-6-21-14(16)15-13(17)9-7-10(18-2)12(20-4)11(8-9)19-3/h5-8H,1-4H3. The van der Waals surface area contributed by atoms with E-state index >= 15 is 0 Å². The van der Waals surface area contributed by atoms with Crippen LogP contribution in [0.2, 0.25) is 0 Å². The lowest BCUT2D eigenvalue weighted by atomic mass is 10.1. The predicted octanol–water partition coefficient (Wildman–Crippen LogP) is 1.85. The largest absolute Gasteiger partial charge is 0.493 e. The molecule has 0 N–H and O–H groups in total. The molecule has 21 heavy (non-hydrogen) atoms. The number of amides is 1. The van der Waals surface area contributed by atoms with E-state index in [0.29, 0.717) is 27.6 Å². The van der Waals surface area contributed by atoms with Crippen molar-refractivity contribution in [1.29, 1.82) is 0 Å². The van der Waals surface area contributed by atoms with Crippen molar-refractivity contribution in [3.8, 4) is 17.2 Å². The zero-order chi connectivity index (χ0) is 15.4. The zero-order valence-corrected chi connectivity index (χ0v) is 13.1. The minimum absolute atomic E-state index is 0.368. The van der Waals surface area contributed by atoms with E-state index in [1.165, 1.54) is 32.7 Å². The average molecular weight is 308 g/mol. The molecule has 112 valence electrons. The fourth-order valence-electron chi connectivity index (χ4n) is 1.79. The molecule has 0 aliphatic heterocycles. The Morgan fingerprint density at radius 2 is 1.76 bits per heavy atom. The highest BCUT2D eigenvalue weighted by molar-refractivity contribution is 7.07. The first-order valence-corrected chi connectivity index (χ1v) is 6.97. The van der Waals surface area contributed by atoms with Crippen molar-refractivity contribution < 1.29 is 19.0 Å². The molecule has 2 aromatic rings. The monoisotopic (exact) mass is 308 g/mol. The summed E-state index contributed by atoms with van der Waals surface area (Å²) < 4.78 is 17.5. The van der Waals surface area contributed by atoms with Gasteiger partial charge in [0, 0.05) is 24.2 Å². The summed E-state index contributed by atoms with van der Waals surface area (Å²) in [6.07, 6.45) is 1.84. The number of hydrogen-bond donors (Lipinski definition) is 0. The molecule has 0 saturated heterocycles. The van der Waals surface area contributed by atoms with Crippen LogP contribution in [0.25, 0.3) is 0 Å². The zero-order valence-electron chi connectivity index (χ0n) is 12.2. The van der Waals surface area contributed by atoms with Gasteiger partial charge in [0.25, 0.3) is 5.91 Å². The molecule has 2 rings (SSSR count). The van der Waals surface area contributed by atoms with Crippen LogP contribution in [0, 0.1) is 0 Å². The number of benzene rings is 1. The van der Waals surface area contributed by atoms with Crippen LogP contribution >= 0.6 is 11.3 Å². The molecular formula is C14H16N2O4S. The molecule has 0 spiro atoms. The summed E-state index contributed by atoms with van der Waals surface area (Å²) >= 11 is 1.39. The van der Waals surface area contributed by atoms with Crippen molar-refractivity contribution >= 4 is 17.2 Å². The Morgan fingerprint density at radius 1 is 1.14 bits per heavy atom. The van der Waals surface area contributed by atoms with E-state index < -0.39 is 0 Å². The van der Waals surface area contributed by atoms with Gasteiger partial charge in [0.05, 0.1) is 21.3 Å². The van der Waals surface area contributed by atoms with E-state index in [0.717, 1.165) is 0 Å². The maximum atomic E-state index is 12.3. The first-order chi connectivity index (χ1) is 10.1. The van der Waals surface area contributed by atoms with Gasteiger partial charge in [-0.1, -0.05) is 0 Å². The van der Waals surface area contributed by atoms with E-state index in [1.807, 2.05) is 18.6 Å². The van der Waals surface area contributed by atoms with Crippen molar-refractivity contribution in [1.82, 2.24) is 4.57 Å². The molecule has 0 aliphatic rings. The molecule has 1 aromatic carbocycles. The molecule has 6 nitrogen and oxygen atoms in total. The highest BCUT2D eigenvalue weighted by Crippen LogP contribution is 2.38. The van der Waals surface area contributed by atoms with E-state index in [1.54, 1.807) is 16.7 Å². The lowest BCUT2D eigenvalue weighted by Crippen LogP contribution is -2.12. The quantitative estimate of drug-likeness (QED) is 0.865. The number of carbonyl (C=O) groups is 1. The minimum atomic E-state index is -0.368. The van der Waals surface area contributed by atoms with E-state index in [-0.39, 0.29) is 5.91 Å². The van der Waals surface area contributed by atoms with Crippen molar-refractivity contribution in [2.45, 2.75) is 0 Å². The summed E-state index contributed by atoms with van der Waals surface area (Å²) in [5.41, 5.74) is 0.373. The first kappa shape index (κ1) is 15.1. The third-order valence-electron chi connectivity index (χ3n) is 2.87. The van der Waals surface area contributed by atoms with E-state index in [4.69, 9.17) is 14.2 Å². The summed E-state index contributed by atoms with van der Waals surface area (Å²) in [6.45, 7) is 0. The second-order valence-corrected chi connectivity index (χ2v) is 5.00. The number of nitrogens with zero attached hydrogens (tertiary/aromatic N) is 2. The first-order valence-electron chi connectivity index (χ1n) is 6.10. The smallest absolute Gasteiger partial charge is 0.279 e. The van der Waals surface area contributed by atoms with Crippen molar-refractivity contribution in [3.05, 3.63) is 34.1 Å². The molecule has 0 aliphatic carbocycles. The van der Waals surface area contributed by atoms with Gasteiger partial charge in [-0.2, -0.15) is 4.99 Å². The Bertz CT molecular complexity index is 693. The molecular weight excluding hydrogens is 292 g/mol. The molecule has 7 heteroatoms. The molecule has 0 bridgehead atoms. The highest BCUT2D eigenvalue weighted by Gasteiger charge is 2.16. The normalized spacial score (nSPS) is 11.3. The average Bonchev–Trinajstić information content (AvgIpc) is 2.90. The second-order valence-electron chi connectivity index (χ2n) is 4.13. The molecule has 0 fully saturated rings. The van der Waals surface area contributed by atoms with Gasteiger partial charge in [-0.15, -0.1) is 11.3 Å². The van der Waals surface area contributed by atoms with Crippen LogP contribution in [0.3, 0.4) is 0 Å². The number of carbonyl (C=O) groups excluding carboxylic acids is 1. The van der Waals surface area contributed by atoms with Gasteiger partial charge in [0.2, 0.25) is 5.75 Å². The lowest BCUT2D eigenvalue weighted by Gasteiger charge is -2.12. The Morgan fingerprint density at radius 3 is 2.19 bits per heavy atom. The van der Waals surface area contributed by atoms with E-state index in [2.05, 4.69) is 4.99 Å². The Kier molecular flexibility index (Phi) is 4.64. The van der Waals surface area contributed by atoms with Gasteiger partial charge in [0.1, 0.15) is 0 Å². The second kappa shape index (κ2) is 6.45. The molecule has 1 heterocycles. The fraction of sp³-hybridized carbons (Fsp3) is 0.286. The number of aromatic nitrogens is 1. The van der Waals surface area contributed by atoms with Crippen LogP contribution in [0.15, 0.2) is 28.7 Å². The summed E-state index contributed by atoms with van der Waals surface area (Å²) in [5.74, 6) is 0.919. The minimum Gasteiger partial charge on any atom is -0.493 e. The van der Waals surface area contributed by atoms with Crippen molar-refractivity contribution in [2.75, 3.05) is 21.3 Å². The SMILES string of the molecule is COc1cc(C(=O)N=c2sccn2C)cc(OC)c1OC. The Balaban J connectivity index is 2.50. The van der Waals surface area contributed by atoms with Crippen LogP contribution in [0.1, 0.15) is 10.4 Å². The number of hydrogen-bond acceptors (Lipinski definition) is 5. The number of ether oxygens (including phenoxy) is 3. The van der Waals surface area contributed by atoms with Crippen LogP contribution in [-0.2, 0) is 7.05 Å². The Hall–Kier alpha value is -2.28. The number of thiazole rings is 1. The molecule has 0 saturated carbocycles. The summed E-state index contributed by atoms with van der Waals surface area (Å²) in [6, 6.07) is 3.17. The van der Waals surface area contributed by atoms with Crippen LogP contribution < -0.4 is 19.0 Å². The van der Waals surface area contributed by atoms with Crippen molar-refractivity contribution in [3.63, 3.8) is 0 Å². The molecule has 0 radical (unpaired) electrons.